The number of benzene rings is 2. The Morgan fingerprint density at radius 2 is 1.86 bits per heavy atom. The second-order valence-corrected chi connectivity index (χ2v) is 6.20. The molecule has 1 N–H and O–H groups in total. The Kier molecular flexibility index (Phi) is 5.93. The van der Waals surface area contributed by atoms with Crippen LogP contribution in [0.1, 0.15) is 27.4 Å². The van der Waals surface area contributed by atoms with Crippen LogP contribution in [0.15, 0.2) is 59.0 Å². The van der Waals surface area contributed by atoms with Crippen molar-refractivity contribution in [1.29, 1.82) is 0 Å². The van der Waals surface area contributed by atoms with Crippen LogP contribution in [-0.4, -0.2) is 12.5 Å². The molecule has 5 nitrogen and oxygen atoms in total. The fourth-order valence-electron chi connectivity index (χ4n) is 2.56. The van der Waals surface area contributed by atoms with E-state index < -0.39 is 12.5 Å². The first-order chi connectivity index (χ1) is 13.4. The molecule has 0 saturated carbocycles. The molecule has 3 aromatic rings. The summed E-state index contributed by atoms with van der Waals surface area (Å²) in [6.07, 6.45) is 0. The van der Waals surface area contributed by atoms with Crippen molar-refractivity contribution in [1.82, 2.24) is 0 Å². The van der Waals surface area contributed by atoms with Crippen LogP contribution in [-0.2, 0) is 6.61 Å². The van der Waals surface area contributed by atoms with Crippen LogP contribution in [0.2, 0.25) is 0 Å². The van der Waals surface area contributed by atoms with E-state index in [-0.39, 0.29) is 23.8 Å². The van der Waals surface area contributed by atoms with Gasteiger partial charge < -0.3 is 19.2 Å². The van der Waals surface area contributed by atoms with E-state index in [2.05, 4.69) is 10.1 Å². The molecule has 0 saturated heterocycles. The Bertz CT molecular complexity index is 969. The summed E-state index contributed by atoms with van der Waals surface area (Å²) in [4.78, 5) is 12.4. The minimum Gasteiger partial charge on any atom is -0.486 e. The van der Waals surface area contributed by atoms with Crippen molar-refractivity contribution in [2.45, 2.75) is 27.1 Å². The molecule has 0 fully saturated rings. The van der Waals surface area contributed by atoms with Crippen LogP contribution in [0.25, 0.3) is 0 Å². The monoisotopic (exact) mass is 387 g/mol. The molecule has 0 atom stereocenters. The minimum atomic E-state index is -2.99. The topological polar surface area (TPSA) is 60.7 Å². The first-order valence-corrected chi connectivity index (χ1v) is 8.56. The van der Waals surface area contributed by atoms with Crippen molar-refractivity contribution in [2.75, 3.05) is 5.32 Å². The summed E-state index contributed by atoms with van der Waals surface area (Å²) in [5.74, 6) is 0.485. The van der Waals surface area contributed by atoms with Gasteiger partial charge in [0.2, 0.25) is 0 Å². The number of carbonyl (C=O) groups is 1. The SMILES string of the molecule is Cc1cccc(OCc2ccc(C(=O)Nc3cc(C)ccc3OC(F)F)o2)c1. The van der Waals surface area contributed by atoms with Crippen LogP contribution in [0.4, 0.5) is 14.5 Å². The summed E-state index contributed by atoms with van der Waals surface area (Å²) in [5, 5.41) is 2.54. The lowest BCUT2D eigenvalue weighted by atomic mass is 10.2. The van der Waals surface area contributed by atoms with Gasteiger partial charge in [0, 0.05) is 0 Å². The van der Waals surface area contributed by atoms with Crippen molar-refractivity contribution in [3.8, 4) is 11.5 Å². The lowest BCUT2D eigenvalue weighted by Gasteiger charge is -2.12. The van der Waals surface area contributed by atoms with Crippen molar-refractivity contribution < 1.29 is 27.5 Å². The summed E-state index contributed by atoms with van der Waals surface area (Å²) < 4.78 is 40.7. The molecule has 1 aromatic heterocycles. The summed E-state index contributed by atoms with van der Waals surface area (Å²) in [5.41, 5.74) is 1.99. The third-order valence-corrected chi connectivity index (χ3v) is 3.86. The molecule has 7 heteroatoms. The van der Waals surface area contributed by atoms with Crippen molar-refractivity contribution in [3.05, 3.63) is 77.2 Å². The molecule has 2 aromatic carbocycles. The Balaban J connectivity index is 1.67. The van der Waals surface area contributed by atoms with E-state index in [9.17, 15) is 13.6 Å². The van der Waals surface area contributed by atoms with Gasteiger partial charge in [-0.1, -0.05) is 18.2 Å². The number of rotatable bonds is 7. The number of ether oxygens (including phenoxy) is 2. The standard InChI is InChI=1S/C21H19F2NO4/c1-13-4-3-5-15(10-13)26-12-16-7-9-19(27-16)20(25)24-17-11-14(2)6-8-18(17)28-21(22)23/h3-11,21H,12H2,1-2H3,(H,24,25). The largest absolute Gasteiger partial charge is 0.486 e. The molecular formula is C21H19F2NO4. The zero-order valence-electron chi connectivity index (χ0n) is 15.4. The predicted octanol–water partition coefficient (Wildman–Crippen LogP) is 5.33. The maximum atomic E-state index is 12.5. The molecule has 1 heterocycles. The van der Waals surface area contributed by atoms with Gasteiger partial charge in [0.15, 0.2) is 5.76 Å². The number of hydrogen-bond acceptors (Lipinski definition) is 4. The molecule has 0 radical (unpaired) electrons. The lowest BCUT2D eigenvalue weighted by molar-refractivity contribution is -0.0493. The molecule has 0 unspecified atom stereocenters. The van der Waals surface area contributed by atoms with Crippen molar-refractivity contribution >= 4 is 11.6 Å². The quantitative estimate of drug-likeness (QED) is 0.595. The number of halogens is 2. The molecule has 146 valence electrons. The molecule has 0 bridgehead atoms. The van der Waals surface area contributed by atoms with Gasteiger partial charge in [-0.25, -0.2) is 0 Å². The summed E-state index contributed by atoms with van der Waals surface area (Å²) in [7, 11) is 0. The van der Waals surface area contributed by atoms with Gasteiger partial charge in [-0.3, -0.25) is 4.79 Å². The Morgan fingerprint density at radius 3 is 2.61 bits per heavy atom. The van der Waals surface area contributed by atoms with Gasteiger partial charge in [-0.15, -0.1) is 0 Å². The predicted molar refractivity (Wildman–Crippen MR) is 100.0 cm³/mol. The Morgan fingerprint density at radius 1 is 1.07 bits per heavy atom. The van der Waals surface area contributed by atoms with Crippen LogP contribution in [0.3, 0.4) is 0 Å². The number of furan rings is 1. The third-order valence-electron chi connectivity index (χ3n) is 3.86. The Hall–Kier alpha value is -3.35. The minimum absolute atomic E-state index is 0.0346. The number of anilines is 1. The second-order valence-electron chi connectivity index (χ2n) is 6.20. The van der Waals surface area contributed by atoms with E-state index in [1.165, 1.54) is 12.1 Å². The van der Waals surface area contributed by atoms with Gasteiger partial charge in [0.05, 0.1) is 5.69 Å². The fraction of sp³-hybridized carbons (Fsp3) is 0.190. The number of nitrogens with one attached hydrogen (secondary N) is 1. The molecule has 1 amide bonds. The molecule has 0 aliphatic rings. The summed E-state index contributed by atoms with van der Waals surface area (Å²) in [6.45, 7) is 0.892. The van der Waals surface area contributed by atoms with Crippen LogP contribution < -0.4 is 14.8 Å². The Labute approximate surface area is 160 Å². The van der Waals surface area contributed by atoms with Crippen LogP contribution in [0, 0.1) is 13.8 Å². The highest BCUT2D eigenvalue weighted by Gasteiger charge is 2.16. The van der Waals surface area contributed by atoms with Gasteiger partial charge in [-0.2, -0.15) is 8.78 Å². The molecule has 28 heavy (non-hydrogen) atoms. The van der Waals surface area contributed by atoms with Gasteiger partial charge in [-0.05, 0) is 61.4 Å². The molecule has 0 aliphatic heterocycles. The van der Waals surface area contributed by atoms with E-state index in [4.69, 9.17) is 9.15 Å². The van der Waals surface area contributed by atoms with Gasteiger partial charge >= 0.3 is 6.61 Å². The smallest absolute Gasteiger partial charge is 0.387 e. The number of alkyl halides is 2. The fourth-order valence-corrected chi connectivity index (χ4v) is 2.56. The lowest BCUT2D eigenvalue weighted by Crippen LogP contribution is -2.13. The molecule has 0 spiro atoms. The number of amides is 1. The highest BCUT2D eigenvalue weighted by atomic mass is 19.3. The highest BCUT2D eigenvalue weighted by molar-refractivity contribution is 6.03. The maximum Gasteiger partial charge on any atom is 0.387 e. The van der Waals surface area contributed by atoms with Crippen LogP contribution in [0.5, 0.6) is 11.5 Å². The van der Waals surface area contributed by atoms with Crippen molar-refractivity contribution in [2.24, 2.45) is 0 Å². The van der Waals surface area contributed by atoms with E-state index in [0.29, 0.717) is 11.5 Å². The van der Waals surface area contributed by atoms with Gasteiger partial charge in [0.25, 0.3) is 5.91 Å². The highest BCUT2D eigenvalue weighted by Crippen LogP contribution is 2.28. The first kappa shape index (κ1) is 19.4. The van der Waals surface area contributed by atoms with Crippen molar-refractivity contribution in [3.63, 3.8) is 0 Å². The van der Waals surface area contributed by atoms with E-state index >= 15 is 0 Å². The first-order valence-electron chi connectivity index (χ1n) is 8.56. The molecule has 0 aliphatic carbocycles. The van der Waals surface area contributed by atoms with Crippen LogP contribution >= 0.6 is 0 Å². The average Bonchev–Trinajstić information content (AvgIpc) is 3.11. The zero-order valence-corrected chi connectivity index (χ0v) is 15.4. The molecule has 3 rings (SSSR count). The van der Waals surface area contributed by atoms with E-state index in [1.54, 1.807) is 25.1 Å². The normalized spacial score (nSPS) is 10.8. The van der Waals surface area contributed by atoms with Gasteiger partial charge in [0.1, 0.15) is 23.9 Å². The summed E-state index contributed by atoms with van der Waals surface area (Å²) in [6, 6.07) is 15.2. The number of carbonyl (C=O) groups excluding carboxylic acids is 1. The second kappa shape index (κ2) is 8.56. The number of aryl methyl sites for hydroxylation is 2. The maximum absolute atomic E-state index is 12.5. The van der Waals surface area contributed by atoms with E-state index in [0.717, 1.165) is 11.1 Å². The van der Waals surface area contributed by atoms with E-state index in [1.807, 2.05) is 31.2 Å². The molecular weight excluding hydrogens is 368 g/mol. The summed E-state index contributed by atoms with van der Waals surface area (Å²) >= 11 is 0. The third kappa shape index (κ3) is 5.09. The zero-order chi connectivity index (χ0) is 20.1. The number of hydrogen-bond donors (Lipinski definition) is 1. The average molecular weight is 387 g/mol.